The molecule has 1 aromatic heterocycles. The molecule has 0 bridgehead atoms. The zero-order chi connectivity index (χ0) is 24.0. The first-order valence-corrected chi connectivity index (χ1v) is 9.64. The summed E-state index contributed by atoms with van der Waals surface area (Å²) in [6, 6.07) is 4.99. The van der Waals surface area contributed by atoms with E-state index in [4.69, 9.17) is 13.9 Å². The largest absolute Gasteiger partial charge is 0.507 e. The lowest BCUT2D eigenvalue weighted by molar-refractivity contribution is -0.277. The summed E-state index contributed by atoms with van der Waals surface area (Å²) in [5.41, 5.74) is -1.02. The highest BCUT2D eigenvalue weighted by atomic mass is 16.7. The predicted molar refractivity (Wildman–Crippen MR) is 109 cm³/mol. The van der Waals surface area contributed by atoms with E-state index in [1.807, 2.05) is 0 Å². The van der Waals surface area contributed by atoms with Crippen LogP contribution in [0.25, 0.3) is 22.3 Å². The molecule has 3 aromatic rings. The summed E-state index contributed by atoms with van der Waals surface area (Å²) < 4.78 is 16.3. The van der Waals surface area contributed by atoms with Gasteiger partial charge in [0.1, 0.15) is 58.4 Å². The minimum absolute atomic E-state index is 0.121. The van der Waals surface area contributed by atoms with Crippen molar-refractivity contribution in [1.82, 2.24) is 0 Å². The van der Waals surface area contributed by atoms with E-state index >= 15 is 0 Å². The van der Waals surface area contributed by atoms with Crippen LogP contribution in [-0.4, -0.2) is 78.2 Å². The molecule has 176 valence electrons. The van der Waals surface area contributed by atoms with Crippen molar-refractivity contribution in [2.75, 3.05) is 6.61 Å². The van der Waals surface area contributed by atoms with E-state index in [-0.39, 0.29) is 28.0 Å². The number of rotatable bonds is 4. The first-order chi connectivity index (χ1) is 15.6. The molecule has 4 rings (SSSR count). The van der Waals surface area contributed by atoms with Gasteiger partial charge in [-0.15, -0.1) is 0 Å². The fourth-order valence-corrected chi connectivity index (χ4v) is 3.51. The van der Waals surface area contributed by atoms with Crippen LogP contribution in [0.1, 0.15) is 0 Å². The molecule has 0 spiro atoms. The fourth-order valence-electron chi connectivity index (χ4n) is 3.51. The summed E-state index contributed by atoms with van der Waals surface area (Å²) in [6.45, 7) is -0.672. The number of ether oxygens (including phenoxy) is 2. The quantitative estimate of drug-likeness (QED) is 0.181. The van der Waals surface area contributed by atoms with Crippen LogP contribution in [0.3, 0.4) is 0 Å². The molecule has 0 aliphatic carbocycles. The number of aliphatic hydroxyl groups excluding tert-OH is 4. The summed E-state index contributed by atoms with van der Waals surface area (Å²) in [5.74, 6) is -2.58. The van der Waals surface area contributed by atoms with Crippen LogP contribution in [0.2, 0.25) is 0 Å². The van der Waals surface area contributed by atoms with Crippen molar-refractivity contribution < 1.29 is 54.7 Å². The van der Waals surface area contributed by atoms with Gasteiger partial charge in [0.15, 0.2) is 16.9 Å². The molecule has 1 fully saturated rings. The molecule has 12 nitrogen and oxygen atoms in total. The minimum atomic E-state index is -1.71. The second kappa shape index (κ2) is 8.42. The highest BCUT2D eigenvalue weighted by Gasteiger charge is 2.44. The van der Waals surface area contributed by atoms with E-state index in [9.17, 15) is 45.6 Å². The molecule has 0 radical (unpaired) electrons. The smallest absolute Gasteiger partial charge is 0.229 e. The summed E-state index contributed by atoms with van der Waals surface area (Å²) in [5, 5.41) is 78.5. The predicted octanol–water partition coefficient (Wildman–Crippen LogP) is -0.539. The third kappa shape index (κ3) is 4.01. The Labute approximate surface area is 184 Å². The SMILES string of the molecule is O=c1cc(-c2cc(O)c(O)cc2O)oc2cc(O[C@H]3O[C@@H](CO)[C@H](O)[C@H](O)[C@@H]3O)cc(O)c12. The third-order valence-corrected chi connectivity index (χ3v) is 5.24. The maximum atomic E-state index is 12.6. The summed E-state index contributed by atoms with van der Waals surface area (Å²) in [7, 11) is 0. The van der Waals surface area contributed by atoms with Gasteiger partial charge in [-0.3, -0.25) is 4.79 Å². The number of hydrogen-bond donors (Lipinski definition) is 8. The number of hydrogen-bond acceptors (Lipinski definition) is 12. The Morgan fingerprint density at radius 2 is 1.52 bits per heavy atom. The van der Waals surface area contributed by atoms with Crippen molar-refractivity contribution in [1.29, 1.82) is 0 Å². The van der Waals surface area contributed by atoms with E-state index in [1.54, 1.807) is 0 Å². The lowest BCUT2D eigenvalue weighted by Gasteiger charge is -2.39. The van der Waals surface area contributed by atoms with Gasteiger partial charge in [0.25, 0.3) is 0 Å². The molecule has 12 heteroatoms. The molecule has 1 aliphatic heterocycles. The lowest BCUT2D eigenvalue weighted by atomic mass is 9.99. The van der Waals surface area contributed by atoms with Gasteiger partial charge >= 0.3 is 0 Å². The highest BCUT2D eigenvalue weighted by Crippen LogP contribution is 2.39. The van der Waals surface area contributed by atoms with Crippen molar-refractivity contribution >= 4 is 11.0 Å². The zero-order valence-corrected chi connectivity index (χ0v) is 16.7. The van der Waals surface area contributed by atoms with Crippen molar-refractivity contribution in [3.63, 3.8) is 0 Å². The molecule has 5 atom stereocenters. The summed E-state index contributed by atoms with van der Waals surface area (Å²) in [6.07, 6.45) is -7.77. The van der Waals surface area contributed by atoms with Gasteiger partial charge < -0.3 is 54.7 Å². The molecule has 0 saturated carbocycles. The zero-order valence-electron chi connectivity index (χ0n) is 16.7. The first-order valence-electron chi connectivity index (χ1n) is 9.64. The first kappa shape index (κ1) is 22.6. The second-order valence-corrected chi connectivity index (χ2v) is 7.46. The number of phenolic OH excluding ortho intramolecular Hbond substituents is 4. The van der Waals surface area contributed by atoms with E-state index in [0.717, 1.165) is 24.3 Å². The Bertz CT molecular complexity index is 1250. The van der Waals surface area contributed by atoms with Crippen LogP contribution in [0.5, 0.6) is 28.7 Å². The van der Waals surface area contributed by atoms with E-state index in [0.29, 0.717) is 0 Å². The van der Waals surface area contributed by atoms with E-state index < -0.39 is 65.7 Å². The Hall–Kier alpha value is -3.55. The molecule has 2 heterocycles. The van der Waals surface area contributed by atoms with Crippen LogP contribution in [-0.2, 0) is 4.74 Å². The summed E-state index contributed by atoms with van der Waals surface area (Å²) in [4.78, 5) is 12.6. The Morgan fingerprint density at radius 1 is 0.818 bits per heavy atom. The van der Waals surface area contributed by atoms with Crippen molar-refractivity contribution in [2.24, 2.45) is 0 Å². The number of benzene rings is 2. The Balaban J connectivity index is 1.75. The van der Waals surface area contributed by atoms with Crippen molar-refractivity contribution in [3.05, 3.63) is 40.6 Å². The van der Waals surface area contributed by atoms with Crippen LogP contribution in [0, 0.1) is 0 Å². The number of fused-ring (bicyclic) bond motifs is 1. The molecule has 1 saturated heterocycles. The topological polar surface area (TPSA) is 211 Å². The number of aliphatic hydroxyl groups is 4. The molecule has 0 unspecified atom stereocenters. The number of aromatic hydroxyl groups is 4. The lowest BCUT2D eigenvalue weighted by Crippen LogP contribution is -2.60. The molecular weight excluding hydrogens is 444 g/mol. The fraction of sp³-hybridized carbons (Fsp3) is 0.286. The Morgan fingerprint density at radius 3 is 2.21 bits per heavy atom. The monoisotopic (exact) mass is 464 g/mol. The van der Waals surface area contributed by atoms with E-state index in [1.165, 1.54) is 6.07 Å². The molecule has 1 aliphatic rings. The average Bonchev–Trinajstić information content (AvgIpc) is 2.76. The van der Waals surface area contributed by atoms with Gasteiger partial charge in [0.05, 0.1) is 12.2 Å². The van der Waals surface area contributed by atoms with Gasteiger partial charge in [0, 0.05) is 24.3 Å². The maximum absolute atomic E-state index is 12.6. The van der Waals surface area contributed by atoms with Crippen LogP contribution >= 0.6 is 0 Å². The van der Waals surface area contributed by atoms with Gasteiger partial charge in [-0.05, 0) is 6.07 Å². The summed E-state index contributed by atoms with van der Waals surface area (Å²) >= 11 is 0. The Kier molecular flexibility index (Phi) is 5.78. The van der Waals surface area contributed by atoms with Crippen molar-refractivity contribution in [2.45, 2.75) is 30.7 Å². The molecular formula is C21H20O12. The second-order valence-electron chi connectivity index (χ2n) is 7.46. The van der Waals surface area contributed by atoms with Crippen LogP contribution in [0.4, 0.5) is 0 Å². The molecule has 33 heavy (non-hydrogen) atoms. The highest BCUT2D eigenvalue weighted by molar-refractivity contribution is 5.86. The van der Waals surface area contributed by atoms with E-state index in [2.05, 4.69) is 0 Å². The van der Waals surface area contributed by atoms with Gasteiger partial charge in [-0.1, -0.05) is 0 Å². The van der Waals surface area contributed by atoms with Crippen LogP contribution in [0.15, 0.2) is 39.5 Å². The van der Waals surface area contributed by atoms with Gasteiger partial charge in [0.2, 0.25) is 6.29 Å². The standard InChI is InChI=1S/C21H20O12/c22-6-16-18(28)19(29)20(30)21(33-16)31-7-1-12(26)17-13(27)5-14(32-15(17)2-7)8-3-10(24)11(25)4-9(8)23/h1-5,16,18-26,28-30H,6H2/t16-,18-,19-,20-,21-/m0/s1. The molecule has 0 amide bonds. The maximum Gasteiger partial charge on any atom is 0.229 e. The van der Waals surface area contributed by atoms with Crippen LogP contribution < -0.4 is 10.2 Å². The number of phenols is 4. The average molecular weight is 464 g/mol. The van der Waals surface area contributed by atoms with Gasteiger partial charge in [-0.2, -0.15) is 0 Å². The molecule has 2 aromatic carbocycles. The molecule has 8 N–H and O–H groups in total. The van der Waals surface area contributed by atoms with Crippen molar-refractivity contribution in [3.8, 4) is 40.1 Å². The normalized spacial score (nSPS) is 25.3. The van der Waals surface area contributed by atoms with Gasteiger partial charge in [-0.25, -0.2) is 0 Å². The third-order valence-electron chi connectivity index (χ3n) is 5.24. The minimum Gasteiger partial charge on any atom is -0.507 e.